The van der Waals surface area contributed by atoms with E-state index in [1.807, 2.05) is 0 Å². The minimum absolute atomic E-state index is 0.0659. The molecule has 0 aromatic heterocycles. The number of carboxylic acids is 1. The zero-order chi connectivity index (χ0) is 21.1. The molecule has 4 fully saturated rings. The molecule has 4 saturated carbocycles. The van der Waals surface area contributed by atoms with Crippen molar-refractivity contribution in [3.05, 3.63) is 0 Å². The second-order valence-electron chi connectivity index (χ2n) is 10.9. The van der Waals surface area contributed by atoms with Crippen LogP contribution >= 0.6 is 0 Å². The normalized spacial score (nSPS) is 45.3. The Bertz CT molecular complexity index is 756. The topological polar surface area (TPSA) is 88.5 Å². The van der Waals surface area contributed by atoms with Gasteiger partial charge >= 0.3 is 5.97 Å². The Balaban J connectivity index is 1.63. The Kier molecular flexibility index (Phi) is 5.02. The number of aliphatic carboxylic acids is 1. The third kappa shape index (κ3) is 3.02. The molecule has 8 atom stereocenters. The number of rotatable bonds is 4. The lowest BCUT2D eigenvalue weighted by atomic mass is 9.44. The maximum absolute atomic E-state index is 13.6. The Morgan fingerprint density at radius 1 is 1.10 bits per heavy atom. The van der Waals surface area contributed by atoms with Crippen molar-refractivity contribution in [2.45, 2.75) is 78.6 Å². The van der Waals surface area contributed by atoms with Crippen molar-refractivity contribution in [1.29, 1.82) is 0 Å². The minimum atomic E-state index is -0.792. The number of fused-ring (bicyclic) bond motifs is 5. The molecule has 5 nitrogen and oxygen atoms in total. The van der Waals surface area contributed by atoms with E-state index in [9.17, 15) is 19.2 Å². The first-order valence-corrected chi connectivity index (χ1v) is 11.4. The van der Waals surface area contributed by atoms with Gasteiger partial charge in [-0.05, 0) is 60.7 Å². The van der Waals surface area contributed by atoms with E-state index in [0.717, 1.165) is 19.3 Å². The van der Waals surface area contributed by atoms with Crippen LogP contribution in [-0.2, 0) is 19.2 Å². The number of Topliss-reactive ketones (excluding diaryl/α,β-unsaturated/α-hetero) is 3. The maximum atomic E-state index is 13.6. The number of carbonyl (C=O) groups is 4. The molecule has 5 heteroatoms. The Hall–Kier alpha value is -1.52. The summed E-state index contributed by atoms with van der Waals surface area (Å²) in [5.41, 5.74) is -0.598. The lowest BCUT2D eigenvalue weighted by Crippen LogP contribution is -2.60. The minimum Gasteiger partial charge on any atom is -0.481 e. The van der Waals surface area contributed by atoms with Gasteiger partial charge in [0.15, 0.2) is 0 Å². The summed E-state index contributed by atoms with van der Waals surface area (Å²) in [6.45, 7) is 6.37. The molecule has 0 aliphatic heterocycles. The van der Waals surface area contributed by atoms with Gasteiger partial charge in [-0.15, -0.1) is 0 Å². The van der Waals surface area contributed by atoms with E-state index < -0.39 is 11.4 Å². The van der Waals surface area contributed by atoms with Gasteiger partial charge in [-0.25, -0.2) is 0 Å². The van der Waals surface area contributed by atoms with Crippen molar-refractivity contribution in [3.8, 4) is 0 Å². The van der Waals surface area contributed by atoms with Gasteiger partial charge in [0, 0.05) is 43.4 Å². The van der Waals surface area contributed by atoms with E-state index in [2.05, 4.69) is 20.8 Å². The molecule has 0 saturated heterocycles. The first kappa shape index (κ1) is 20.7. The van der Waals surface area contributed by atoms with Gasteiger partial charge in [0.25, 0.3) is 0 Å². The van der Waals surface area contributed by atoms with E-state index in [0.29, 0.717) is 32.1 Å². The van der Waals surface area contributed by atoms with Crippen molar-refractivity contribution in [1.82, 2.24) is 0 Å². The number of carbonyl (C=O) groups excluding carboxylic acids is 3. The second-order valence-corrected chi connectivity index (χ2v) is 10.9. The number of hydrogen-bond acceptors (Lipinski definition) is 4. The predicted octanol–water partition coefficient (Wildman–Crippen LogP) is 4.07. The highest BCUT2D eigenvalue weighted by molar-refractivity contribution is 5.93. The van der Waals surface area contributed by atoms with Gasteiger partial charge in [0.1, 0.15) is 17.3 Å². The van der Waals surface area contributed by atoms with Crippen LogP contribution in [-0.4, -0.2) is 28.4 Å². The third-order valence-electron chi connectivity index (χ3n) is 9.72. The summed E-state index contributed by atoms with van der Waals surface area (Å²) in [6, 6.07) is 0. The van der Waals surface area contributed by atoms with Crippen LogP contribution in [0.4, 0.5) is 0 Å². The van der Waals surface area contributed by atoms with Crippen LogP contribution in [0.15, 0.2) is 0 Å². The van der Waals surface area contributed by atoms with Gasteiger partial charge in [0.2, 0.25) is 0 Å². The maximum Gasteiger partial charge on any atom is 0.303 e. The first-order chi connectivity index (χ1) is 13.6. The van der Waals surface area contributed by atoms with Crippen LogP contribution in [0.5, 0.6) is 0 Å². The predicted molar refractivity (Wildman–Crippen MR) is 107 cm³/mol. The van der Waals surface area contributed by atoms with E-state index in [1.54, 1.807) is 0 Å². The van der Waals surface area contributed by atoms with Crippen molar-refractivity contribution in [3.63, 3.8) is 0 Å². The van der Waals surface area contributed by atoms with Crippen LogP contribution < -0.4 is 0 Å². The summed E-state index contributed by atoms with van der Waals surface area (Å²) < 4.78 is 0. The molecular formula is C24H34O5. The highest BCUT2D eigenvalue weighted by atomic mass is 16.4. The van der Waals surface area contributed by atoms with Crippen molar-refractivity contribution in [2.75, 3.05) is 0 Å². The zero-order valence-corrected chi connectivity index (χ0v) is 17.9. The molecule has 29 heavy (non-hydrogen) atoms. The molecule has 0 radical (unpaired) electrons. The fourth-order valence-corrected chi connectivity index (χ4v) is 7.94. The Labute approximate surface area is 173 Å². The summed E-state index contributed by atoms with van der Waals surface area (Å²) in [7, 11) is 0. The van der Waals surface area contributed by atoms with E-state index in [-0.39, 0.29) is 64.7 Å². The number of ketones is 3. The van der Waals surface area contributed by atoms with Gasteiger partial charge < -0.3 is 5.11 Å². The highest BCUT2D eigenvalue weighted by Crippen LogP contribution is 2.66. The third-order valence-corrected chi connectivity index (χ3v) is 9.72. The Morgan fingerprint density at radius 2 is 1.83 bits per heavy atom. The first-order valence-electron chi connectivity index (χ1n) is 11.4. The molecule has 160 valence electrons. The molecule has 0 aromatic rings. The standard InChI is InChI=1S/C24H34O5/c1-13(4-7-21(28)29)16-5-6-17-22-18(12-20(27)24(16,17)3)23(2)9-8-15(25)10-14(23)11-19(22)26/h13-14,16-18,22H,4-12H2,1-3H3,(H,28,29)/t13-,14?,16-,17+,18+,22?,23?,24-/m1/s1. The van der Waals surface area contributed by atoms with Crippen LogP contribution in [0.3, 0.4) is 0 Å². The largest absolute Gasteiger partial charge is 0.481 e. The van der Waals surface area contributed by atoms with Gasteiger partial charge in [-0.3, -0.25) is 19.2 Å². The van der Waals surface area contributed by atoms with E-state index in [1.165, 1.54) is 0 Å². The average molecular weight is 403 g/mol. The summed E-state index contributed by atoms with van der Waals surface area (Å²) in [4.78, 5) is 50.0. The molecule has 4 aliphatic rings. The van der Waals surface area contributed by atoms with Crippen molar-refractivity contribution >= 4 is 23.3 Å². The number of carboxylic acid groups (broad SMARTS) is 1. The van der Waals surface area contributed by atoms with Crippen LogP contribution in [0.25, 0.3) is 0 Å². The molecule has 4 aliphatic carbocycles. The lowest BCUT2D eigenvalue weighted by molar-refractivity contribution is -0.166. The van der Waals surface area contributed by atoms with Crippen LogP contribution in [0, 0.1) is 46.3 Å². The van der Waals surface area contributed by atoms with Crippen LogP contribution in [0.2, 0.25) is 0 Å². The number of hydrogen-bond donors (Lipinski definition) is 1. The summed E-state index contributed by atoms with van der Waals surface area (Å²) >= 11 is 0. The molecule has 3 unspecified atom stereocenters. The fourth-order valence-electron chi connectivity index (χ4n) is 7.94. The second kappa shape index (κ2) is 7.02. The van der Waals surface area contributed by atoms with E-state index in [4.69, 9.17) is 5.11 Å². The molecule has 4 rings (SSSR count). The molecule has 1 N–H and O–H groups in total. The van der Waals surface area contributed by atoms with Gasteiger partial charge in [-0.1, -0.05) is 20.8 Å². The fraction of sp³-hybridized carbons (Fsp3) is 0.833. The summed E-state index contributed by atoms with van der Waals surface area (Å²) in [6.07, 6.45) is 5.33. The van der Waals surface area contributed by atoms with Gasteiger partial charge in [-0.2, -0.15) is 0 Å². The quantitative estimate of drug-likeness (QED) is 0.766. The molecule has 0 aromatic carbocycles. The summed E-state index contributed by atoms with van der Waals surface area (Å²) in [5, 5.41) is 9.06. The monoisotopic (exact) mass is 402 g/mol. The summed E-state index contributed by atoms with van der Waals surface area (Å²) in [5.74, 6) is 0.524. The van der Waals surface area contributed by atoms with Crippen molar-refractivity contribution in [2.24, 2.45) is 46.3 Å². The Morgan fingerprint density at radius 3 is 2.52 bits per heavy atom. The molecule has 0 heterocycles. The molecular weight excluding hydrogens is 368 g/mol. The highest BCUT2D eigenvalue weighted by Gasteiger charge is 2.66. The smallest absolute Gasteiger partial charge is 0.303 e. The molecule has 0 spiro atoms. The SMILES string of the molecule is C[C@H](CCC(=O)O)[C@H]1CC[C@H]2C3C(=O)CC4CC(=O)CCC4(C)[C@H]3CC(=O)[C@]12C. The lowest BCUT2D eigenvalue weighted by Gasteiger charge is -2.58. The average Bonchev–Trinajstić information content (AvgIpc) is 3.01. The zero-order valence-electron chi connectivity index (χ0n) is 17.9. The van der Waals surface area contributed by atoms with Crippen molar-refractivity contribution < 1.29 is 24.3 Å². The van der Waals surface area contributed by atoms with Gasteiger partial charge in [0.05, 0.1) is 0 Å². The van der Waals surface area contributed by atoms with Crippen LogP contribution in [0.1, 0.15) is 78.6 Å². The molecule has 0 amide bonds. The van der Waals surface area contributed by atoms with E-state index >= 15 is 0 Å². The molecule has 0 bridgehead atoms.